The first-order chi connectivity index (χ1) is 9.57. The molecule has 0 atom stereocenters. The van der Waals surface area contributed by atoms with Crippen molar-refractivity contribution in [1.29, 1.82) is 0 Å². The molecule has 1 aliphatic carbocycles. The Hall–Kier alpha value is -0.870. The van der Waals surface area contributed by atoms with Gasteiger partial charge in [-0.15, -0.1) is 0 Å². The summed E-state index contributed by atoms with van der Waals surface area (Å²) in [6.07, 6.45) is 6.01. The van der Waals surface area contributed by atoms with E-state index >= 15 is 0 Å². The molecule has 0 unspecified atom stereocenters. The van der Waals surface area contributed by atoms with Crippen molar-refractivity contribution in [3.05, 3.63) is 17.0 Å². The van der Waals surface area contributed by atoms with Crippen LogP contribution in [0.1, 0.15) is 51.8 Å². The van der Waals surface area contributed by atoms with Crippen molar-refractivity contribution in [2.45, 2.75) is 57.9 Å². The Morgan fingerprint density at radius 3 is 2.70 bits per heavy atom. The maximum Gasteiger partial charge on any atom is 0.134 e. The number of aromatic nitrogens is 2. The molecular formula is C15H24ClN3O. The number of anilines is 1. The van der Waals surface area contributed by atoms with Crippen molar-refractivity contribution >= 4 is 17.4 Å². The average molecular weight is 298 g/mol. The number of nitrogens with one attached hydrogen (secondary N) is 1. The zero-order chi connectivity index (χ0) is 14.6. The van der Waals surface area contributed by atoms with E-state index in [2.05, 4.69) is 29.1 Å². The Morgan fingerprint density at radius 1 is 1.40 bits per heavy atom. The van der Waals surface area contributed by atoms with Gasteiger partial charge in [-0.3, -0.25) is 0 Å². The number of aliphatic hydroxyl groups excluding tert-OH is 1. The molecule has 5 heteroatoms. The topological polar surface area (TPSA) is 58.0 Å². The third kappa shape index (κ3) is 3.83. The number of hydrogen-bond acceptors (Lipinski definition) is 4. The lowest BCUT2D eigenvalue weighted by molar-refractivity contribution is 0.155. The SMILES string of the molecule is CCCc1nc(Cl)cc(NC2(CO)CCC(C)CC2)n1. The molecule has 2 rings (SSSR count). The molecule has 20 heavy (non-hydrogen) atoms. The zero-order valence-electron chi connectivity index (χ0n) is 12.3. The number of rotatable bonds is 5. The van der Waals surface area contributed by atoms with Crippen LogP contribution in [0, 0.1) is 5.92 Å². The van der Waals surface area contributed by atoms with E-state index in [4.69, 9.17) is 11.6 Å². The van der Waals surface area contributed by atoms with E-state index in [-0.39, 0.29) is 12.1 Å². The van der Waals surface area contributed by atoms with E-state index in [1.807, 2.05) is 0 Å². The van der Waals surface area contributed by atoms with Crippen LogP contribution in [0.15, 0.2) is 6.07 Å². The Kier molecular flexibility index (Phi) is 5.22. The number of halogens is 1. The largest absolute Gasteiger partial charge is 0.394 e. The summed E-state index contributed by atoms with van der Waals surface area (Å²) < 4.78 is 0. The first kappa shape index (κ1) is 15.5. The van der Waals surface area contributed by atoms with Gasteiger partial charge in [-0.05, 0) is 38.0 Å². The van der Waals surface area contributed by atoms with Crippen LogP contribution in [-0.4, -0.2) is 27.2 Å². The number of nitrogens with zero attached hydrogens (tertiary/aromatic N) is 2. The third-order valence-electron chi connectivity index (χ3n) is 4.14. The molecule has 0 saturated heterocycles. The first-order valence-corrected chi connectivity index (χ1v) is 7.87. The van der Waals surface area contributed by atoms with Gasteiger partial charge in [0.25, 0.3) is 0 Å². The van der Waals surface area contributed by atoms with E-state index in [0.717, 1.165) is 56.1 Å². The monoisotopic (exact) mass is 297 g/mol. The fraction of sp³-hybridized carbons (Fsp3) is 0.733. The van der Waals surface area contributed by atoms with Gasteiger partial charge in [0.05, 0.1) is 12.1 Å². The zero-order valence-corrected chi connectivity index (χ0v) is 13.1. The number of aliphatic hydroxyl groups is 1. The molecule has 0 bridgehead atoms. The Balaban J connectivity index is 2.14. The molecule has 1 saturated carbocycles. The highest BCUT2D eigenvalue weighted by Gasteiger charge is 2.34. The third-order valence-corrected chi connectivity index (χ3v) is 4.34. The Morgan fingerprint density at radius 2 is 2.10 bits per heavy atom. The van der Waals surface area contributed by atoms with Crippen molar-refractivity contribution in [3.63, 3.8) is 0 Å². The van der Waals surface area contributed by atoms with Crippen LogP contribution < -0.4 is 5.32 Å². The van der Waals surface area contributed by atoms with E-state index in [1.165, 1.54) is 0 Å². The Labute approximate surface area is 126 Å². The summed E-state index contributed by atoms with van der Waals surface area (Å²) in [5.41, 5.74) is -0.256. The summed E-state index contributed by atoms with van der Waals surface area (Å²) in [7, 11) is 0. The van der Waals surface area contributed by atoms with Crippen LogP contribution in [0.2, 0.25) is 5.15 Å². The maximum atomic E-state index is 9.79. The molecule has 0 aromatic carbocycles. The number of aryl methyl sites for hydroxylation is 1. The normalized spacial score (nSPS) is 26.5. The highest BCUT2D eigenvalue weighted by molar-refractivity contribution is 6.29. The minimum Gasteiger partial charge on any atom is -0.394 e. The van der Waals surface area contributed by atoms with Crippen molar-refractivity contribution in [1.82, 2.24) is 9.97 Å². The smallest absolute Gasteiger partial charge is 0.134 e. The van der Waals surface area contributed by atoms with Gasteiger partial charge in [-0.1, -0.05) is 25.4 Å². The fourth-order valence-corrected chi connectivity index (χ4v) is 2.97. The van der Waals surface area contributed by atoms with Gasteiger partial charge in [0.1, 0.15) is 16.8 Å². The van der Waals surface area contributed by atoms with Crippen LogP contribution in [0.4, 0.5) is 5.82 Å². The molecule has 0 spiro atoms. The van der Waals surface area contributed by atoms with Crippen molar-refractivity contribution in [2.24, 2.45) is 5.92 Å². The first-order valence-electron chi connectivity index (χ1n) is 7.49. The lowest BCUT2D eigenvalue weighted by atomic mass is 9.77. The van der Waals surface area contributed by atoms with Gasteiger partial charge in [-0.25, -0.2) is 9.97 Å². The molecule has 1 aromatic rings. The Bertz CT molecular complexity index is 445. The highest BCUT2D eigenvalue weighted by atomic mass is 35.5. The quantitative estimate of drug-likeness (QED) is 0.818. The lowest BCUT2D eigenvalue weighted by Gasteiger charge is -2.39. The molecule has 112 valence electrons. The predicted molar refractivity (Wildman–Crippen MR) is 82.1 cm³/mol. The summed E-state index contributed by atoms with van der Waals surface area (Å²) in [4.78, 5) is 8.74. The predicted octanol–water partition coefficient (Wildman–Crippen LogP) is 3.44. The van der Waals surface area contributed by atoms with Crippen LogP contribution in [0.5, 0.6) is 0 Å². The maximum absolute atomic E-state index is 9.79. The molecule has 0 aliphatic heterocycles. The molecule has 0 amide bonds. The second-order valence-electron chi connectivity index (χ2n) is 5.99. The van der Waals surface area contributed by atoms with Crippen LogP contribution >= 0.6 is 11.6 Å². The summed E-state index contributed by atoms with van der Waals surface area (Å²) in [6.45, 7) is 4.49. The molecule has 0 radical (unpaired) electrons. The van der Waals surface area contributed by atoms with Crippen LogP contribution in [-0.2, 0) is 6.42 Å². The molecule has 1 aromatic heterocycles. The van der Waals surface area contributed by atoms with Crippen molar-refractivity contribution in [3.8, 4) is 0 Å². The van der Waals surface area contributed by atoms with Crippen LogP contribution in [0.3, 0.4) is 0 Å². The van der Waals surface area contributed by atoms with Gasteiger partial charge < -0.3 is 10.4 Å². The summed E-state index contributed by atoms with van der Waals surface area (Å²) in [6, 6.07) is 1.75. The van der Waals surface area contributed by atoms with E-state index in [9.17, 15) is 5.11 Å². The lowest BCUT2D eigenvalue weighted by Crippen LogP contribution is -2.45. The molecular weight excluding hydrogens is 274 g/mol. The fourth-order valence-electron chi connectivity index (χ4n) is 2.77. The molecule has 4 nitrogen and oxygen atoms in total. The van der Waals surface area contributed by atoms with E-state index < -0.39 is 0 Å². The molecule has 1 heterocycles. The van der Waals surface area contributed by atoms with E-state index in [0.29, 0.717) is 5.15 Å². The second kappa shape index (κ2) is 6.72. The van der Waals surface area contributed by atoms with Gasteiger partial charge in [0.15, 0.2) is 0 Å². The summed E-state index contributed by atoms with van der Waals surface area (Å²) in [5.74, 6) is 2.23. The minimum absolute atomic E-state index is 0.129. The summed E-state index contributed by atoms with van der Waals surface area (Å²) in [5, 5.41) is 13.7. The van der Waals surface area contributed by atoms with Crippen molar-refractivity contribution < 1.29 is 5.11 Å². The van der Waals surface area contributed by atoms with Gasteiger partial charge in [0.2, 0.25) is 0 Å². The average Bonchev–Trinajstić information content (AvgIpc) is 2.41. The van der Waals surface area contributed by atoms with Crippen molar-refractivity contribution in [2.75, 3.05) is 11.9 Å². The van der Waals surface area contributed by atoms with E-state index in [1.54, 1.807) is 6.07 Å². The second-order valence-corrected chi connectivity index (χ2v) is 6.38. The molecule has 1 aliphatic rings. The van der Waals surface area contributed by atoms with Gasteiger partial charge in [-0.2, -0.15) is 0 Å². The van der Waals surface area contributed by atoms with Gasteiger partial charge in [0, 0.05) is 12.5 Å². The minimum atomic E-state index is -0.256. The molecule has 1 fully saturated rings. The van der Waals surface area contributed by atoms with Gasteiger partial charge >= 0.3 is 0 Å². The van der Waals surface area contributed by atoms with Crippen LogP contribution in [0.25, 0.3) is 0 Å². The highest BCUT2D eigenvalue weighted by Crippen LogP contribution is 2.34. The molecule has 2 N–H and O–H groups in total. The standard InChI is InChI=1S/C15H24ClN3O/c1-3-4-13-17-12(16)9-14(18-13)19-15(10-20)7-5-11(2)6-8-15/h9,11,20H,3-8,10H2,1-2H3,(H,17,18,19). The number of hydrogen-bond donors (Lipinski definition) is 2. The summed E-state index contributed by atoms with van der Waals surface area (Å²) >= 11 is 6.06.